The molecule has 0 spiro atoms. The van der Waals surface area contributed by atoms with E-state index in [0.29, 0.717) is 22.4 Å². The maximum atomic E-state index is 10.7. The summed E-state index contributed by atoms with van der Waals surface area (Å²) >= 11 is 0. The van der Waals surface area contributed by atoms with Gasteiger partial charge < -0.3 is 4.42 Å². The number of hydrogen-bond acceptors (Lipinski definition) is 5. The summed E-state index contributed by atoms with van der Waals surface area (Å²) in [6, 6.07) is 4.49. The third-order valence-electron chi connectivity index (χ3n) is 2.42. The number of non-ortho nitro benzene ring substituents is 1. The molecule has 3 rings (SSSR count). The van der Waals surface area contributed by atoms with Crippen LogP contribution in [0.5, 0.6) is 0 Å². The Morgan fingerprint density at radius 2 is 2.29 bits per heavy atom. The molecule has 7 heteroatoms. The highest BCUT2D eigenvalue weighted by Crippen LogP contribution is 2.28. The molecule has 0 amide bonds. The maximum absolute atomic E-state index is 10.7. The zero-order valence-electron chi connectivity index (χ0n) is 8.45. The Bertz CT molecular complexity index is 687. The minimum absolute atomic E-state index is 0.0136. The Labute approximate surface area is 94.2 Å². The molecule has 7 nitrogen and oxygen atoms in total. The molecule has 1 aromatic carbocycles. The number of fused-ring (bicyclic) bond motifs is 1. The van der Waals surface area contributed by atoms with Gasteiger partial charge in [0.2, 0.25) is 0 Å². The second-order valence-corrected chi connectivity index (χ2v) is 3.42. The van der Waals surface area contributed by atoms with Crippen LogP contribution in [-0.4, -0.2) is 20.1 Å². The van der Waals surface area contributed by atoms with Gasteiger partial charge in [-0.2, -0.15) is 5.10 Å². The predicted molar refractivity (Wildman–Crippen MR) is 58.2 cm³/mol. The lowest BCUT2D eigenvalue weighted by Crippen LogP contribution is -1.86. The average Bonchev–Trinajstić information content (AvgIpc) is 2.96. The van der Waals surface area contributed by atoms with Crippen LogP contribution >= 0.6 is 0 Å². The zero-order chi connectivity index (χ0) is 11.8. The number of oxazole rings is 1. The molecule has 0 aliphatic heterocycles. The summed E-state index contributed by atoms with van der Waals surface area (Å²) in [5.41, 5.74) is 1.24. The number of nitrogens with zero attached hydrogens (tertiary/aromatic N) is 3. The summed E-state index contributed by atoms with van der Waals surface area (Å²) in [5, 5.41) is 18.2. The molecular formula is C10H6N4O3. The van der Waals surface area contributed by atoms with Crippen molar-refractivity contribution in [2.75, 3.05) is 0 Å². The van der Waals surface area contributed by atoms with E-state index in [0.717, 1.165) is 0 Å². The van der Waals surface area contributed by atoms with Crippen molar-refractivity contribution in [3.8, 4) is 11.5 Å². The van der Waals surface area contributed by atoms with Crippen LogP contribution in [0.1, 0.15) is 0 Å². The third-order valence-corrected chi connectivity index (χ3v) is 2.42. The molecule has 0 saturated carbocycles. The second-order valence-electron chi connectivity index (χ2n) is 3.42. The molecular weight excluding hydrogens is 224 g/mol. The van der Waals surface area contributed by atoms with E-state index in [2.05, 4.69) is 15.2 Å². The van der Waals surface area contributed by atoms with Gasteiger partial charge in [0.1, 0.15) is 5.69 Å². The molecule has 0 atom stereocenters. The van der Waals surface area contributed by atoms with Gasteiger partial charge in [-0.15, -0.1) is 0 Å². The van der Waals surface area contributed by atoms with Gasteiger partial charge in [0.05, 0.1) is 16.6 Å². The highest BCUT2D eigenvalue weighted by Gasteiger charge is 2.14. The van der Waals surface area contributed by atoms with Crippen molar-refractivity contribution < 1.29 is 9.34 Å². The zero-order valence-corrected chi connectivity index (χ0v) is 8.45. The highest BCUT2D eigenvalue weighted by molar-refractivity contribution is 5.92. The number of H-pyrrole nitrogens is 1. The highest BCUT2D eigenvalue weighted by atomic mass is 16.6. The van der Waals surface area contributed by atoms with E-state index >= 15 is 0 Å². The van der Waals surface area contributed by atoms with Crippen LogP contribution in [0.3, 0.4) is 0 Å². The fraction of sp³-hybridized carbons (Fsp3) is 0. The summed E-state index contributed by atoms with van der Waals surface area (Å²) in [6.07, 6.45) is 2.79. The number of aromatic amines is 1. The number of benzene rings is 1. The van der Waals surface area contributed by atoms with Gasteiger partial charge in [0.25, 0.3) is 5.69 Å². The minimum Gasteiger partial charge on any atom is -0.442 e. The Morgan fingerprint density at radius 3 is 3.00 bits per heavy atom. The first-order valence-corrected chi connectivity index (χ1v) is 4.77. The van der Waals surface area contributed by atoms with E-state index in [1.807, 2.05) is 0 Å². The van der Waals surface area contributed by atoms with E-state index < -0.39 is 4.92 Å². The molecule has 0 aliphatic rings. The smallest absolute Gasteiger partial charge is 0.270 e. The van der Waals surface area contributed by atoms with Gasteiger partial charge in [-0.1, -0.05) is 0 Å². The lowest BCUT2D eigenvalue weighted by atomic mass is 10.1. The van der Waals surface area contributed by atoms with Crippen molar-refractivity contribution in [1.82, 2.24) is 15.2 Å². The Balaban J connectivity index is 2.26. The third kappa shape index (κ3) is 1.44. The fourth-order valence-corrected chi connectivity index (χ4v) is 1.64. The fourth-order valence-electron chi connectivity index (χ4n) is 1.64. The first kappa shape index (κ1) is 9.52. The van der Waals surface area contributed by atoms with Gasteiger partial charge in [0.15, 0.2) is 12.2 Å². The lowest BCUT2D eigenvalue weighted by Gasteiger charge is -1.93. The Hall–Kier alpha value is -2.70. The molecule has 17 heavy (non-hydrogen) atoms. The van der Waals surface area contributed by atoms with Gasteiger partial charge in [-0.25, -0.2) is 4.98 Å². The molecule has 2 aromatic heterocycles. The summed E-state index contributed by atoms with van der Waals surface area (Å²) < 4.78 is 5.12. The van der Waals surface area contributed by atoms with Crippen LogP contribution < -0.4 is 0 Å². The Morgan fingerprint density at radius 1 is 1.41 bits per heavy atom. The van der Waals surface area contributed by atoms with E-state index in [4.69, 9.17) is 4.42 Å². The van der Waals surface area contributed by atoms with Gasteiger partial charge >= 0.3 is 0 Å². The topological polar surface area (TPSA) is 97.8 Å². The van der Waals surface area contributed by atoms with Crippen molar-refractivity contribution in [2.24, 2.45) is 0 Å². The lowest BCUT2D eigenvalue weighted by molar-refractivity contribution is -0.384. The standard InChI is InChI=1S/C10H6N4O3/c15-14(16)6-1-2-8-7(3-6)10(13-12-8)9-4-11-5-17-9/h1-5H,(H,12,13). The van der Waals surface area contributed by atoms with Crippen LogP contribution in [0.4, 0.5) is 5.69 Å². The van der Waals surface area contributed by atoms with E-state index in [-0.39, 0.29) is 5.69 Å². The maximum Gasteiger partial charge on any atom is 0.270 e. The summed E-state index contributed by atoms with van der Waals surface area (Å²) in [6.45, 7) is 0. The molecule has 3 aromatic rings. The van der Waals surface area contributed by atoms with Crippen LogP contribution in [-0.2, 0) is 0 Å². The summed E-state index contributed by atoms with van der Waals surface area (Å²) in [7, 11) is 0. The number of aromatic nitrogens is 3. The predicted octanol–water partition coefficient (Wildman–Crippen LogP) is 2.13. The normalized spacial score (nSPS) is 10.8. The van der Waals surface area contributed by atoms with Crippen molar-refractivity contribution in [1.29, 1.82) is 0 Å². The first-order valence-electron chi connectivity index (χ1n) is 4.77. The van der Waals surface area contributed by atoms with Crippen molar-refractivity contribution in [3.05, 3.63) is 40.9 Å². The molecule has 1 N–H and O–H groups in total. The van der Waals surface area contributed by atoms with Gasteiger partial charge in [-0.05, 0) is 6.07 Å². The van der Waals surface area contributed by atoms with Crippen LogP contribution in [0.25, 0.3) is 22.4 Å². The second kappa shape index (κ2) is 3.41. The molecule has 0 unspecified atom stereocenters. The summed E-state index contributed by atoms with van der Waals surface area (Å²) in [4.78, 5) is 14.0. The van der Waals surface area contributed by atoms with Crippen LogP contribution in [0.2, 0.25) is 0 Å². The molecule has 0 radical (unpaired) electrons. The van der Waals surface area contributed by atoms with E-state index in [9.17, 15) is 10.1 Å². The average molecular weight is 230 g/mol. The molecule has 0 aliphatic carbocycles. The number of hydrogen-bond donors (Lipinski definition) is 1. The number of rotatable bonds is 2. The van der Waals surface area contributed by atoms with Gasteiger partial charge in [-0.3, -0.25) is 15.2 Å². The SMILES string of the molecule is O=[N+]([O-])c1ccc2[nH]nc(-c3cnco3)c2c1. The number of nitrogens with one attached hydrogen (secondary N) is 1. The molecule has 0 bridgehead atoms. The Kier molecular flexibility index (Phi) is 1.91. The molecule has 84 valence electrons. The largest absolute Gasteiger partial charge is 0.442 e. The molecule has 2 heterocycles. The first-order chi connectivity index (χ1) is 8.25. The molecule has 0 saturated heterocycles. The monoisotopic (exact) mass is 230 g/mol. The van der Waals surface area contributed by atoms with Crippen molar-refractivity contribution in [2.45, 2.75) is 0 Å². The van der Waals surface area contributed by atoms with Crippen molar-refractivity contribution >= 4 is 16.6 Å². The minimum atomic E-state index is -0.448. The van der Waals surface area contributed by atoms with Crippen LogP contribution in [0.15, 0.2) is 35.2 Å². The molecule has 0 fully saturated rings. The number of nitro benzene ring substituents is 1. The number of nitro groups is 1. The summed E-state index contributed by atoms with van der Waals surface area (Å²) in [5.74, 6) is 0.469. The van der Waals surface area contributed by atoms with Crippen LogP contribution in [0, 0.1) is 10.1 Å². The van der Waals surface area contributed by atoms with E-state index in [1.54, 1.807) is 6.07 Å². The quantitative estimate of drug-likeness (QED) is 0.537. The van der Waals surface area contributed by atoms with Crippen molar-refractivity contribution in [3.63, 3.8) is 0 Å². The van der Waals surface area contributed by atoms with Gasteiger partial charge in [0, 0.05) is 17.5 Å². The van der Waals surface area contributed by atoms with E-state index in [1.165, 1.54) is 24.7 Å².